The van der Waals surface area contributed by atoms with E-state index in [1.807, 2.05) is 57.2 Å². The van der Waals surface area contributed by atoms with Crippen LogP contribution in [0.15, 0.2) is 42.0 Å². The Hall–Kier alpha value is -2.97. The Labute approximate surface area is 226 Å². The number of phenols is 1. The highest BCUT2D eigenvalue weighted by molar-refractivity contribution is 7.32. The number of benzene rings is 2. The first-order valence-corrected chi connectivity index (χ1v) is 13.2. The van der Waals surface area contributed by atoms with Crippen molar-refractivity contribution in [1.29, 1.82) is 0 Å². The van der Waals surface area contributed by atoms with Gasteiger partial charge in [-0.1, -0.05) is 29.8 Å². The Kier molecular flexibility index (Phi) is 15.9. The minimum atomic E-state index is -0.796. The Morgan fingerprint density at radius 3 is 2.42 bits per heavy atom. The van der Waals surface area contributed by atoms with Crippen LogP contribution in [0.2, 0.25) is 0 Å². The molecule has 2 unspecified atom stereocenters. The number of hydrogen-bond donors (Lipinski definition) is 2. The number of para-hydroxylation sites is 1. The zero-order valence-corrected chi connectivity index (χ0v) is 23.9. The van der Waals surface area contributed by atoms with Crippen molar-refractivity contribution in [3.8, 4) is 17.2 Å². The smallest absolute Gasteiger partial charge is 0.342 e. The maximum atomic E-state index is 12.0. The summed E-state index contributed by atoms with van der Waals surface area (Å²) < 4.78 is 26.4. The lowest BCUT2D eigenvalue weighted by Gasteiger charge is -2.15. The maximum absolute atomic E-state index is 12.0. The first-order chi connectivity index (χ1) is 18.2. The van der Waals surface area contributed by atoms with E-state index < -0.39 is 12.1 Å². The largest absolute Gasteiger partial charge is 0.507 e. The number of aliphatic hydroxyl groups excluding tert-OH is 1. The Morgan fingerprint density at radius 1 is 1.24 bits per heavy atom. The zero-order valence-electron chi connectivity index (χ0n) is 22.9. The van der Waals surface area contributed by atoms with Crippen LogP contribution in [0.4, 0.5) is 0 Å². The number of methoxy groups -OCH3 is 2. The lowest BCUT2D eigenvalue weighted by atomic mass is 9.95. The minimum absolute atomic E-state index is 0.0624. The second-order valence-corrected chi connectivity index (χ2v) is 8.96. The number of carbonyl (C=O) groups is 2. The van der Waals surface area contributed by atoms with Crippen molar-refractivity contribution in [1.82, 2.24) is 0 Å². The lowest BCUT2D eigenvalue weighted by molar-refractivity contribution is -0.114. The number of hydrogen-bond acceptors (Lipinski definition) is 9. The summed E-state index contributed by atoms with van der Waals surface area (Å²) >= 11 is 0. The van der Waals surface area contributed by atoms with Gasteiger partial charge in [0.25, 0.3) is 0 Å². The predicted molar refractivity (Wildman–Crippen MR) is 147 cm³/mol. The molecule has 0 bridgehead atoms. The summed E-state index contributed by atoms with van der Waals surface area (Å²) in [5, 5.41) is 18.6. The number of cyclic esters (lactones) is 1. The first-order valence-electron chi connectivity index (χ1n) is 12.1. The summed E-state index contributed by atoms with van der Waals surface area (Å²) in [7, 11) is 3.46. The molecular formula is C28H39O9P. The summed E-state index contributed by atoms with van der Waals surface area (Å²) in [6.07, 6.45) is 2.56. The van der Waals surface area contributed by atoms with E-state index in [-0.39, 0.29) is 26.7 Å². The zero-order chi connectivity index (χ0) is 28.5. The molecule has 2 aromatic rings. The van der Waals surface area contributed by atoms with E-state index in [1.165, 1.54) is 6.92 Å². The lowest BCUT2D eigenvalue weighted by Crippen LogP contribution is -2.03. The number of aromatic hydroxyl groups is 1. The van der Waals surface area contributed by atoms with Gasteiger partial charge >= 0.3 is 5.97 Å². The number of carbonyl (C=O) groups excluding carboxylic acids is 2. The third-order valence-electron chi connectivity index (χ3n) is 5.21. The van der Waals surface area contributed by atoms with Crippen molar-refractivity contribution in [2.75, 3.05) is 33.8 Å². The topological polar surface area (TPSA) is 121 Å². The second-order valence-electron chi connectivity index (χ2n) is 8.18. The number of aldehydes is 1. The molecule has 0 aliphatic carbocycles. The Morgan fingerprint density at radius 2 is 1.87 bits per heavy atom. The summed E-state index contributed by atoms with van der Waals surface area (Å²) in [6.45, 7) is 8.64. The highest BCUT2D eigenvalue weighted by Crippen LogP contribution is 2.42. The molecule has 0 amide bonds. The van der Waals surface area contributed by atoms with Crippen LogP contribution >= 0.6 is 8.81 Å². The van der Waals surface area contributed by atoms with Gasteiger partial charge in [0.05, 0.1) is 28.9 Å². The monoisotopic (exact) mass is 550 g/mol. The molecule has 2 aromatic carbocycles. The fourth-order valence-electron chi connectivity index (χ4n) is 3.22. The standard InChI is InChI=1S/C22H25O6P.C3H6O2.C3H8O/c1-14(11-26-13-29-28-16-7-5-4-6-8-16)9-10-17-20(23)19-18(12-27-22(19)24)15(2)21(17)25-3;1-3(5)2-4;1-3-4-2/h4-9,23,29H,10-13H2,1-3H3;2-3,5H,1H3;3H2,1-2H3/b14-9+;;. The van der Waals surface area contributed by atoms with Gasteiger partial charge in [0.1, 0.15) is 41.8 Å². The van der Waals surface area contributed by atoms with Crippen LogP contribution < -0.4 is 9.26 Å². The first kappa shape index (κ1) is 33.1. The summed E-state index contributed by atoms with van der Waals surface area (Å²) in [5.41, 5.74) is 3.35. The normalized spacial score (nSPS) is 13.0. The summed E-state index contributed by atoms with van der Waals surface area (Å²) in [4.78, 5) is 21.2. The predicted octanol–water partition coefficient (Wildman–Crippen LogP) is 4.73. The SMILES string of the molecule is CC(O)C=O.CCOC.COc1c(C)c2c(c(O)c1C/C=C(\C)COCPOc1ccccc1)C(=O)OC2. The van der Waals surface area contributed by atoms with Crippen LogP contribution in [0.5, 0.6) is 17.2 Å². The van der Waals surface area contributed by atoms with Crippen LogP contribution in [0.3, 0.4) is 0 Å². The number of esters is 1. The van der Waals surface area contributed by atoms with E-state index in [0.717, 1.165) is 23.5 Å². The fourth-order valence-corrected chi connectivity index (χ4v) is 3.77. The highest BCUT2D eigenvalue weighted by Gasteiger charge is 2.31. The van der Waals surface area contributed by atoms with Gasteiger partial charge in [-0.25, -0.2) is 4.79 Å². The Bertz CT molecular complexity index is 1030. The van der Waals surface area contributed by atoms with Gasteiger partial charge in [-0.05, 0) is 51.8 Å². The van der Waals surface area contributed by atoms with Crippen LogP contribution in [0, 0.1) is 6.92 Å². The van der Waals surface area contributed by atoms with Gasteiger partial charge in [-0.2, -0.15) is 0 Å². The molecule has 1 aliphatic heterocycles. The molecule has 9 nitrogen and oxygen atoms in total. The number of allylic oxidation sites excluding steroid dienone is 1. The highest BCUT2D eigenvalue weighted by atomic mass is 31.1. The number of phenolic OH excluding ortho intramolecular Hbond substituents is 1. The van der Waals surface area contributed by atoms with E-state index in [4.69, 9.17) is 23.8 Å². The van der Waals surface area contributed by atoms with Crippen molar-refractivity contribution in [3.05, 3.63) is 64.2 Å². The van der Waals surface area contributed by atoms with Gasteiger partial charge in [-0.15, -0.1) is 0 Å². The molecule has 0 fully saturated rings. The van der Waals surface area contributed by atoms with Gasteiger partial charge < -0.3 is 38.5 Å². The Balaban J connectivity index is 0.000000694. The number of rotatable bonds is 11. The van der Waals surface area contributed by atoms with Crippen molar-refractivity contribution in [3.63, 3.8) is 0 Å². The molecule has 1 heterocycles. The molecule has 38 heavy (non-hydrogen) atoms. The molecule has 210 valence electrons. The van der Waals surface area contributed by atoms with Gasteiger partial charge in [0, 0.05) is 24.8 Å². The molecule has 3 rings (SSSR count). The molecule has 0 radical (unpaired) electrons. The molecular weight excluding hydrogens is 511 g/mol. The molecule has 10 heteroatoms. The van der Waals surface area contributed by atoms with Crippen molar-refractivity contribution in [2.45, 2.75) is 46.8 Å². The second kappa shape index (κ2) is 18.3. The van der Waals surface area contributed by atoms with Crippen LogP contribution in [0.1, 0.15) is 47.8 Å². The van der Waals surface area contributed by atoms with Gasteiger partial charge in [0.2, 0.25) is 0 Å². The van der Waals surface area contributed by atoms with Crippen molar-refractivity contribution >= 4 is 21.1 Å². The average Bonchev–Trinajstić information content (AvgIpc) is 3.32. The number of ether oxygens (including phenoxy) is 4. The number of aliphatic hydroxyl groups is 1. The van der Waals surface area contributed by atoms with E-state index in [1.54, 1.807) is 14.2 Å². The summed E-state index contributed by atoms with van der Waals surface area (Å²) in [6, 6.07) is 9.62. The quantitative estimate of drug-likeness (QED) is 0.134. The van der Waals surface area contributed by atoms with Crippen molar-refractivity contribution in [2.24, 2.45) is 0 Å². The van der Waals surface area contributed by atoms with Gasteiger partial charge in [-0.3, -0.25) is 0 Å². The molecule has 0 saturated heterocycles. The molecule has 0 aromatic heterocycles. The maximum Gasteiger partial charge on any atom is 0.342 e. The van der Waals surface area contributed by atoms with Crippen LogP contribution in [-0.4, -0.2) is 62.4 Å². The molecule has 0 saturated carbocycles. The fraction of sp³-hybridized carbons (Fsp3) is 0.429. The average molecular weight is 551 g/mol. The molecule has 2 atom stereocenters. The molecule has 1 aliphatic rings. The molecule has 2 N–H and O–H groups in total. The van der Waals surface area contributed by atoms with E-state index >= 15 is 0 Å². The van der Waals surface area contributed by atoms with E-state index in [9.17, 15) is 14.7 Å². The number of fused-ring (bicyclic) bond motifs is 1. The molecule has 0 spiro atoms. The minimum Gasteiger partial charge on any atom is -0.507 e. The van der Waals surface area contributed by atoms with Gasteiger partial charge in [0.15, 0.2) is 0 Å². The van der Waals surface area contributed by atoms with Crippen molar-refractivity contribution < 1.29 is 43.3 Å². The third-order valence-corrected chi connectivity index (χ3v) is 5.91. The summed E-state index contributed by atoms with van der Waals surface area (Å²) in [5.74, 6) is 0.859. The van der Waals surface area contributed by atoms with Crippen LogP contribution in [0.25, 0.3) is 0 Å². The third kappa shape index (κ3) is 10.8. The van der Waals surface area contributed by atoms with E-state index in [2.05, 4.69) is 4.74 Å². The van der Waals surface area contributed by atoms with Crippen LogP contribution in [-0.2, 0) is 32.0 Å². The van der Waals surface area contributed by atoms with E-state index in [0.29, 0.717) is 42.5 Å².